The highest BCUT2D eigenvalue weighted by molar-refractivity contribution is 7.86. The van der Waals surface area contributed by atoms with Gasteiger partial charge >= 0.3 is 10.6 Å². The van der Waals surface area contributed by atoms with Crippen LogP contribution in [0.25, 0.3) is 21.5 Å². The minimum Gasteiger partial charge on any atom is -0.506 e. The Hall–Kier alpha value is -5.92. The predicted octanol–water partition coefficient (Wildman–Crippen LogP) is 7.62. The van der Waals surface area contributed by atoms with E-state index >= 15 is 0 Å². The molecule has 0 atom stereocenters. The summed E-state index contributed by atoms with van der Waals surface area (Å²) in [6.07, 6.45) is 0.746. The number of hydrogen-bond acceptors (Lipinski definition) is 13. The molecule has 0 unspecified atom stereocenters. The largest absolute Gasteiger partial charge is 0.506 e. The van der Waals surface area contributed by atoms with Crippen LogP contribution in [0.5, 0.6) is 11.5 Å². The van der Waals surface area contributed by atoms with Gasteiger partial charge in [-0.25, -0.2) is 0 Å². The van der Waals surface area contributed by atoms with Crippen molar-refractivity contribution in [1.29, 1.82) is 0 Å². The predicted molar refractivity (Wildman–Crippen MR) is 189 cm³/mol. The maximum absolute atomic E-state index is 12.1. The quantitative estimate of drug-likeness (QED) is 0.0866. The van der Waals surface area contributed by atoms with Crippen LogP contribution in [0.1, 0.15) is 16.7 Å². The van der Waals surface area contributed by atoms with Crippen molar-refractivity contribution in [2.75, 3.05) is 0 Å². The monoisotopic (exact) mass is 762 g/mol. The molecule has 266 valence electrons. The van der Waals surface area contributed by atoms with Crippen molar-refractivity contribution < 1.29 is 48.8 Å². The second kappa shape index (κ2) is 15.1. The lowest BCUT2D eigenvalue weighted by Crippen LogP contribution is -2.03. The third-order valence-electron chi connectivity index (χ3n) is 7.58. The molecule has 6 aromatic carbocycles. The smallest absolute Gasteiger partial charge is 0.425 e. The molecule has 4 N–H and O–H groups in total. The van der Waals surface area contributed by atoms with E-state index in [1.54, 1.807) is 13.0 Å². The molecule has 0 saturated carbocycles. The van der Waals surface area contributed by atoms with Gasteiger partial charge in [0.1, 0.15) is 26.9 Å². The van der Waals surface area contributed by atoms with E-state index in [-0.39, 0.29) is 45.0 Å². The summed E-state index contributed by atoms with van der Waals surface area (Å²) in [5.74, 6) is -0.393. The van der Waals surface area contributed by atoms with Gasteiger partial charge in [0.05, 0.1) is 11.4 Å². The summed E-state index contributed by atoms with van der Waals surface area (Å²) in [5, 5.41) is 39.0. The number of azo groups is 2. The van der Waals surface area contributed by atoms with Crippen LogP contribution in [-0.2, 0) is 37.3 Å². The molecule has 0 aliphatic rings. The average molecular weight is 763 g/mol. The van der Waals surface area contributed by atoms with Crippen LogP contribution >= 0.6 is 0 Å². The van der Waals surface area contributed by atoms with Crippen LogP contribution in [0, 0.1) is 6.92 Å². The molecule has 6 rings (SSSR count). The minimum atomic E-state index is -4.83. The van der Waals surface area contributed by atoms with Gasteiger partial charge in [0.2, 0.25) is 0 Å². The van der Waals surface area contributed by atoms with Gasteiger partial charge in [0, 0.05) is 22.2 Å². The number of fused-ring (bicyclic) bond motifs is 2. The molecule has 18 heteroatoms. The van der Waals surface area contributed by atoms with E-state index in [2.05, 4.69) is 32.6 Å². The molecule has 0 aliphatic heterocycles. The molecule has 0 radical (unpaired) electrons. The van der Waals surface area contributed by atoms with Gasteiger partial charge in [0.15, 0.2) is 5.75 Å². The Kier molecular flexibility index (Phi) is 10.9. The lowest BCUT2D eigenvalue weighted by atomic mass is 10.0. The van der Waals surface area contributed by atoms with Crippen LogP contribution in [0.3, 0.4) is 0 Å². The first-order valence-electron chi connectivity index (χ1n) is 14.8. The highest BCUT2D eigenvalue weighted by atomic mass is 32.2. The molecule has 0 aliphatic carbocycles. The van der Waals surface area contributed by atoms with E-state index in [1.807, 2.05) is 42.5 Å². The Morgan fingerprint density at radius 1 is 0.577 bits per heavy atom. The molecule has 0 bridgehead atoms. The molecule has 0 spiro atoms. The SMILES string of the molecule is Cc1cc(N=Nc2ccc3cc(Cc4ccccc4)ccc3c2O)c(O)cc1N=Nc1cc(S(=O)(=O)O)c2cccc(S(=O)(=O)O)c2c1.O=S(=O)=O. The Labute approximate surface area is 297 Å². The fourth-order valence-corrected chi connectivity index (χ4v) is 6.68. The summed E-state index contributed by atoms with van der Waals surface area (Å²) in [4.78, 5) is -1.23. The summed E-state index contributed by atoms with van der Waals surface area (Å²) in [6.45, 7) is 1.65. The van der Waals surface area contributed by atoms with E-state index in [1.165, 1.54) is 35.9 Å². The number of hydrogen-bond donors (Lipinski definition) is 4. The molecule has 0 saturated heterocycles. The zero-order valence-corrected chi connectivity index (χ0v) is 29.1. The third kappa shape index (κ3) is 8.86. The molecule has 0 amide bonds. The fraction of sp³-hybridized carbons (Fsp3) is 0.0588. The molecule has 6 aromatic rings. The first-order valence-corrected chi connectivity index (χ1v) is 18.6. The minimum absolute atomic E-state index is 0.0686. The zero-order chi connectivity index (χ0) is 37.8. The summed E-state index contributed by atoms with van der Waals surface area (Å²) in [6, 6.07) is 27.7. The Bertz CT molecular complexity index is 2750. The van der Waals surface area contributed by atoms with Crippen molar-refractivity contribution in [2.24, 2.45) is 20.5 Å². The lowest BCUT2D eigenvalue weighted by molar-refractivity contribution is 0.475. The number of aromatic hydroxyl groups is 2. The van der Waals surface area contributed by atoms with Crippen molar-refractivity contribution in [2.45, 2.75) is 23.1 Å². The Morgan fingerprint density at radius 3 is 1.90 bits per heavy atom. The van der Waals surface area contributed by atoms with Gasteiger partial charge in [-0.05, 0) is 65.8 Å². The second-order valence-corrected chi connectivity index (χ2v) is 14.3. The van der Waals surface area contributed by atoms with Gasteiger partial charge in [0.25, 0.3) is 20.2 Å². The van der Waals surface area contributed by atoms with Gasteiger partial charge in [-0.15, -0.1) is 22.9 Å². The van der Waals surface area contributed by atoms with Crippen molar-refractivity contribution in [3.05, 3.63) is 120 Å². The van der Waals surface area contributed by atoms with Gasteiger partial charge in [-0.3, -0.25) is 9.11 Å². The van der Waals surface area contributed by atoms with E-state index in [0.717, 1.165) is 29.5 Å². The topological polar surface area (TPSA) is 250 Å². The summed E-state index contributed by atoms with van der Waals surface area (Å²) in [7, 11) is -12.7. The molecule has 0 aromatic heterocycles. The van der Waals surface area contributed by atoms with Crippen molar-refractivity contribution in [3.63, 3.8) is 0 Å². The average Bonchev–Trinajstić information content (AvgIpc) is 3.07. The van der Waals surface area contributed by atoms with E-state index < -0.39 is 40.6 Å². The normalized spacial score (nSPS) is 12.0. The fourth-order valence-electron chi connectivity index (χ4n) is 5.26. The van der Waals surface area contributed by atoms with E-state index in [0.29, 0.717) is 10.9 Å². The standard InChI is InChI=1S/C34H26N4O8S2.O3S/c1-20-14-30(38-36-28-13-11-23-16-22(10-12-25(23)34(28)40)15-21-6-3-2-4-7-21)31(39)19-29(20)37-35-24-17-27-26(33(18-24)48(44,45)46)8-5-9-32(27)47(41,42)43;1-4(2)3/h2-14,16-19,39-40H,15H2,1H3,(H,41,42,43)(H,44,45,46);. The number of phenols is 2. The maximum Gasteiger partial charge on any atom is 0.425 e. The maximum atomic E-state index is 12.1. The summed E-state index contributed by atoms with van der Waals surface area (Å²) in [5.41, 5.74) is 2.99. The van der Waals surface area contributed by atoms with Gasteiger partial charge in [-0.1, -0.05) is 66.7 Å². The summed E-state index contributed by atoms with van der Waals surface area (Å²) < 4.78 is 92.8. The first kappa shape index (κ1) is 37.3. The van der Waals surface area contributed by atoms with Gasteiger partial charge < -0.3 is 10.2 Å². The van der Waals surface area contributed by atoms with Crippen molar-refractivity contribution in [3.8, 4) is 11.5 Å². The van der Waals surface area contributed by atoms with Crippen molar-refractivity contribution in [1.82, 2.24) is 0 Å². The second-order valence-electron chi connectivity index (χ2n) is 11.1. The molecule has 0 fully saturated rings. The number of aryl methyl sites for hydroxylation is 1. The van der Waals surface area contributed by atoms with E-state index in [9.17, 15) is 36.2 Å². The highest BCUT2D eigenvalue weighted by Gasteiger charge is 2.21. The number of rotatable bonds is 8. The van der Waals surface area contributed by atoms with Crippen LogP contribution < -0.4 is 0 Å². The zero-order valence-electron chi connectivity index (χ0n) is 26.7. The molecule has 15 nitrogen and oxygen atoms in total. The highest BCUT2D eigenvalue weighted by Crippen LogP contribution is 2.40. The van der Waals surface area contributed by atoms with Gasteiger partial charge in [-0.2, -0.15) is 27.1 Å². The Morgan fingerprint density at radius 2 is 1.23 bits per heavy atom. The number of nitrogens with zero attached hydrogens (tertiary/aromatic N) is 4. The van der Waals surface area contributed by atoms with Crippen LogP contribution in [0.4, 0.5) is 22.7 Å². The molecule has 0 heterocycles. The van der Waals surface area contributed by atoms with Crippen LogP contribution in [0.15, 0.2) is 133 Å². The number of benzene rings is 6. The molecular weight excluding hydrogens is 737 g/mol. The number of phenolic OH excluding ortho intramolecular Hbond substituents is 2. The van der Waals surface area contributed by atoms with Crippen molar-refractivity contribution >= 4 is 75.1 Å². The first-order chi connectivity index (χ1) is 24.5. The van der Waals surface area contributed by atoms with Crippen LogP contribution in [0.2, 0.25) is 0 Å². The molecular formula is C34H26N4O11S3. The Balaban J connectivity index is 0.00000124. The van der Waals surface area contributed by atoms with Crippen LogP contribution in [-0.4, -0.2) is 48.8 Å². The molecule has 52 heavy (non-hydrogen) atoms. The van der Waals surface area contributed by atoms with E-state index in [4.69, 9.17) is 12.6 Å². The third-order valence-corrected chi connectivity index (χ3v) is 9.38. The summed E-state index contributed by atoms with van der Waals surface area (Å²) >= 11 is 0. The lowest BCUT2D eigenvalue weighted by Gasteiger charge is -2.09.